The van der Waals surface area contributed by atoms with E-state index in [1.165, 1.54) is 4.90 Å². The van der Waals surface area contributed by atoms with E-state index in [1.54, 1.807) is 26.2 Å². The lowest BCUT2D eigenvalue weighted by Gasteiger charge is -2.09. The van der Waals surface area contributed by atoms with Crippen LogP contribution >= 0.6 is 11.6 Å². The lowest BCUT2D eigenvalue weighted by molar-refractivity contribution is 0.0828. The van der Waals surface area contributed by atoms with Crippen LogP contribution in [0.2, 0.25) is 5.02 Å². The Morgan fingerprint density at radius 3 is 2.37 bits per heavy atom. The Morgan fingerprint density at radius 1 is 1.05 bits per heavy atom. The van der Waals surface area contributed by atoms with Crippen LogP contribution in [0.1, 0.15) is 10.4 Å². The highest BCUT2D eigenvalue weighted by Crippen LogP contribution is 2.34. The molecule has 3 rings (SSSR count). The van der Waals surface area contributed by atoms with E-state index in [2.05, 4.69) is 0 Å². The van der Waals surface area contributed by atoms with Crippen LogP contribution in [0.3, 0.4) is 0 Å². The number of carbonyl (C=O) groups is 1. The van der Waals surface area contributed by atoms with Crippen molar-refractivity contribution in [2.45, 2.75) is 0 Å². The summed E-state index contributed by atoms with van der Waals surface area (Å²) in [4.78, 5) is 13.7. The second-order valence-corrected chi connectivity index (χ2v) is 5.01. The lowest BCUT2D eigenvalue weighted by Crippen LogP contribution is -2.21. The monoisotopic (exact) mass is 273 g/mol. The highest BCUT2D eigenvalue weighted by Gasteiger charge is 2.17. The van der Waals surface area contributed by atoms with Gasteiger partial charge in [-0.1, -0.05) is 35.9 Å². The fourth-order valence-electron chi connectivity index (χ4n) is 2.20. The minimum atomic E-state index is -0.0826. The van der Waals surface area contributed by atoms with Crippen LogP contribution in [0.5, 0.6) is 0 Å². The fourth-order valence-corrected chi connectivity index (χ4v) is 2.41. The Morgan fingerprint density at radius 2 is 1.68 bits per heavy atom. The number of benzene rings is 2. The molecule has 0 aliphatic carbocycles. The fraction of sp³-hybridized carbons (Fsp3) is 0.133. The molecular formula is C15H12ClNO2. The van der Waals surface area contributed by atoms with Crippen LogP contribution in [-0.2, 0) is 0 Å². The first-order valence-electron chi connectivity index (χ1n) is 5.91. The molecule has 0 N–H and O–H groups in total. The van der Waals surface area contributed by atoms with Gasteiger partial charge in [0, 0.05) is 24.9 Å². The number of amides is 1. The molecule has 1 aromatic heterocycles. The third-order valence-corrected chi connectivity index (χ3v) is 3.41. The molecule has 0 radical (unpaired) electrons. The minimum absolute atomic E-state index is 0.0826. The van der Waals surface area contributed by atoms with Crippen LogP contribution in [-0.4, -0.2) is 24.9 Å². The van der Waals surface area contributed by atoms with E-state index in [4.69, 9.17) is 16.0 Å². The Kier molecular flexibility index (Phi) is 2.72. The molecule has 96 valence electrons. The summed E-state index contributed by atoms with van der Waals surface area (Å²) in [6.07, 6.45) is 0. The molecule has 0 aliphatic heterocycles. The number of nitrogens with zero attached hydrogens (tertiary/aromatic N) is 1. The molecule has 2 aromatic carbocycles. The minimum Gasteiger partial charge on any atom is -0.454 e. The normalized spacial score (nSPS) is 11.1. The van der Waals surface area contributed by atoms with Gasteiger partial charge in [-0.05, 0) is 12.1 Å². The Bertz CT molecular complexity index is 789. The second kappa shape index (κ2) is 4.28. The van der Waals surface area contributed by atoms with Gasteiger partial charge in [0.25, 0.3) is 5.91 Å². The molecule has 0 atom stereocenters. The summed E-state index contributed by atoms with van der Waals surface area (Å²) in [6, 6.07) is 11.1. The zero-order valence-corrected chi connectivity index (χ0v) is 11.4. The highest BCUT2D eigenvalue weighted by molar-refractivity contribution is 6.36. The van der Waals surface area contributed by atoms with Crippen LogP contribution in [0.25, 0.3) is 21.9 Å². The average molecular weight is 274 g/mol. The van der Waals surface area contributed by atoms with Crippen molar-refractivity contribution < 1.29 is 9.21 Å². The van der Waals surface area contributed by atoms with E-state index >= 15 is 0 Å². The van der Waals surface area contributed by atoms with Crippen molar-refractivity contribution in [3.05, 3.63) is 47.0 Å². The average Bonchev–Trinajstić information content (AvgIpc) is 2.78. The molecule has 0 aliphatic rings. The zero-order chi connectivity index (χ0) is 13.6. The number of rotatable bonds is 1. The van der Waals surface area contributed by atoms with E-state index in [-0.39, 0.29) is 5.91 Å². The summed E-state index contributed by atoms with van der Waals surface area (Å²) in [5, 5.41) is 2.39. The van der Waals surface area contributed by atoms with Crippen molar-refractivity contribution in [3.8, 4) is 0 Å². The summed E-state index contributed by atoms with van der Waals surface area (Å²) < 4.78 is 5.81. The van der Waals surface area contributed by atoms with Crippen molar-refractivity contribution in [2.75, 3.05) is 14.1 Å². The number of furan rings is 1. The van der Waals surface area contributed by atoms with Gasteiger partial charge < -0.3 is 9.32 Å². The number of hydrogen-bond acceptors (Lipinski definition) is 2. The van der Waals surface area contributed by atoms with E-state index < -0.39 is 0 Å². The van der Waals surface area contributed by atoms with Gasteiger partial charge in [-0.25, -0.2) is 0 Å². The van der Waals surface area contributed by atoms with Gasteiger partial charge >= 0.3 is 0 Å². The van der Waals surface area contributed by atoms with Crippen molar-refractivity contribution >= 4 is 39.4 Å². The summed E-state index contributed by atoms with van der Waals surface area (Å²) in [7, 11) is 3.44. The van der Waals surface area contributed by atoms with Gasteiger partial charge in [0.1, 0.15) is 5.58 Å². The van der Waals surface area contributed by atoms with Crippen LogP contribution < -0.4 is 0 Å². The third kappa shape index (κ3) is 1.78. The molecule has 0 bridgehead atoms. The molecule has 0 fully saturated rings. The Hall–Kier alpha value is -2.00. The molecule has 0 saturated heterocycles. The molecule has 1 amide bonds. The van der Waals surface area contributed by atoms with Gasteiger partial charge in [0.05, 0.1) is 10.6 Å². The standard InChI is InChI=1S/C15H12ClNO2/c1-17(2)15(18)11-7-3-5-9-10-6-4-8-12(16)14(10)19-13(9)11/h3-8H,1-2H3. The molecule has 0 unspecified atom stereocenters. The maximum Gasteiger partial charge on any atom is 0.257 e. The van der Waals surface area contributed by atoms with Gasteiger partial charge in [0.15, 0.2) is 5.58 Å². The molecule has 3 nitrogen and oxygen atoms in total. The molecule has 0 saturated carbocycles. The van der Waals surface area contributed by atoms with Crippen LogP contribution in [0, 0.1) is 0 Å². The highest BCUT2D eigenvalue weighted by atomic mass is 35.5. The first-order valence-corrected chi connectivity index (χ1v) is 6.29. The largest absolute Gasteiger partial charge is 0.454 e. The number of halogens is 1. The first-order chi connectivity index (χ1) is 9.09. The second-order valence-electron chi connectivity index (χ2n) is 4.60. The van der Waals surface area contributed by atoms with Gasteiger partial charge in [-0.15, -0.1) is 0 Å². The van der Waals surface area contributed by atoms with E-state index in [0.717, 1.165) is 10.8 Å². The summed E-state index contributed by atoms with van der Waals surface area (Å²) in [6.45, 7) is 0. The molecule has 3 aromatic rings. The van der Waals surface area contributed by atoms with Gasteiger partial charge in [-0.3, -0.25) is 4.79 Å². The zero-order valence-electron chi connectivity index (χ0n) is 10.6. The first kappa shape index (κ1) is 12.1. The van der Waals surface area contributed by atoms with Gasteiger partial charge in [-0.2, -0.15) is 0 Å². The molecule has 19 heavy (non-hydrogen) atoms. The number of carbonyl (C=O) groups excluding carboxylic acids is 1. The summed E-state index contributed by atoms with van der Waals surface area (Å²) >= 11 is 6.13. The van der Waals surface area contributed by atoms with Crippen molar-refractivity contribution in [1.82, 2.24) is 4.90 Å². The lowest BCUT2D eigenvalue weighted by atomic mass is 10.1. The van der Waals surface area contributed by atoms with Crippen molar-refractivity contribution in [2.24, 2.45) is 0 Å². The number of para-hydroxylation sites is 2. The van der Waals surface area contributed by atoms with Crippen molar-refractivity contribution in [1.29, 1.82) is 0 Å². The number of hydrogen-bond donors (Lipinski definition) is 0. The SMILES string of the molecule is CN(C)C(=O)c1cccc2c1oc1c(Cl)cccc12. The van der Waals surface area contributed by atoms with E-state index in [0.29, 0.717) is 21.8 Å². The molecule has 1 heterocycles. The van der Waals surface area contributed by atoms with E-state index in [9.17, 15) is 4.79 Å². The number of fused-ring (bicyclic) bond motifs is 3. The summed E-state index contributed by atoms with van der Waals surface area (Å²) in [5.74, 6) is -0.0826. The Balaban J connectivity index is 2.41. The maximum absolute atomic E-state index is 12.2. The molecule has 4 heteroatoms. The van der Waals surface area contributed by atoms with Crippen LogP contribution in [0.15, 0.2) is 40.8 Å². The summed E-state index contributed by atoms with van der Waals surface area (Å²) in [5.41, 5.74) is 1.76. The maximum atomic E-state index is 12.2. The topological polar surface area (TPSA) is 33.5 Å². The Labute approximate surface area is 115 Å². The molecular weight excluding hydrogens is 262 g/mol. The predicted octanol–water partition coefficient (Wildman–Crippen LogP) is 3.94. The van der Waals surface area contributed by atoms with Gasteiger partial charge in [0.2, 0.25) is 0 Å². The van der Waals surface area contributed by atoms with Crippen molar-refractivity contribution in [3.63, 3.8) is 0 Å². The smallest absolute Gasteiger partial charge is 0.257 e. The van der Waals surface area contributed by atoms with Crippen LogP contribution in [0.4, 0.5) is 0 Å². The van der Waals surface area contributed by atoms with E-state index in [1.807, 2.05) is 24.3 Å². The molecule has 0 spiro atoms. The quantitative estimate of drug-likeness (QED) is 0.673. The predicted molar refractivity (Wildman–Crippen MR) is 76.7 cm³/mol. The third-order valence-electron chi connectivity index (χ3n) is 3.11.